The largest absolute Gasteiger partial charge is 0.454 e. The molecule has 0 saturated carbocycles. The van der Waals surface area contributed by atoms with Gasteiger partial charge in [0.15, 0.2) is 11.5 Å². The van der Waals surface area contributed by atoms with Crippen LogP contribution in [0.3, 0.4) is 0 Å². The standard InChI is InChI=1S/C15H22N2O2/c1-10-7-17(8-11(2)16-10)12(3)13-4-5-14-15(6-13)19-9-18-14/h4-6,10-12,16H,7-9H2,1-3H3. The first-order chi connectivity index (χ1) is 9.13. The number of nitrogens with one attached hydrogen (secondary N) is 1. The van der Waals surface area contributed by atoms with Gasteiger partial charge in [-0.25, -0.2) is 0 Å². The number of fused-ring (bicyclic) bond motifs is 1. The SMILES string of the molecule is CC1CN(C(C)c2ccc3c(c2)OCO3)CC(C)N1. The maximum atomic E-state index is 5.47. The van der Waals surface area contributed by atoms with Gasteiger partial charge in [-0.2, -0.15) is 0 Å². The molecule has 0 bridgehead atoms. The van der Waals surface area contributed by atoms with Crippen molar-refractivity contribution in [3.8, 4) is 11.5 Å². The van der Waals surface area contributed by atoms with Gasteiger partial charge in [0.05, 0.1) is 0 Å². The quantitative estimate of drug-likeness (QED) is 0.885. The zero-order valence-corrected chi connectivity index (χ0v) is 11.8. The van der Waals surface area contributed by atoms with E-state index >= 15 is 0 Å². The zero-order chi connectivity index (χ0) is 13.4. The number of benzene rings is 1. The Bertz CT molecular complexity index is 453. The highest BCUT2D eigenvalue weighted by atomic mass is 16.7. The minimum Gasteiger partial charge on any atom is -0.454 e. The molecule has 1 fully saturated rings. The molecule has 2 heterocycles. The summed E-state index contributed by atoms with van der Waals surface area (Å²) >= 11 is 0. The van der Waals surface area contributed by atoms with Crippen molar-refractivity contribution in [1.82, 2.24) is 10.2 Å². The van der Waals surface area contributed by atoms with Crippen LogP contribution in [0.15, 0.2) is 18.2 Å². The maximum Gasteiger partial charge on any atom is 0.231 e. The van der Waals surface area contributed by atoms with E-state index in [-0.39, 0.29) is 0 Å². The van der Waals surface area contributed by atoms with Crippen molar-refractivity contribution in [3.05, 3.63) is 23.8 Å². The van der Waals surface area contributed by atoms with Crippen molar-refractivity contribution < 1.29 is 9.47 Å². The maximum absolute atomic E-state index is 5.47. The topological polar surface area (TPSA) is 33.7 Å². The molecule has 4 nitrogen and oxygen atoms in total. The van der Waals surface area contributed by atoms with Crippen LogP contribution in [0.2, 0.25) is 0 Å². The van der Waals surface area contributed by atoms with Gasteiger partial charge in [-0.3, -0.25) is 4.90 Å². The third kappa shape index (κ3) is 2.55. The average Bonchev–Trinajstić information content (AvgIpc) is 2.83. The summed E-state index contributed by atoms with van der Waals surface area (Å²) in [6.07, 6.45) is 0. The number of piperazine rings is 1. The van der Waals surface area contributed by atoms with Crippen molar-refractivity contribution >= 4 is 0 Å². The van der Waals surface area contributed by atoms with Crippen LogP contribution in [0, 0.1) is 0 Å². The Kier molecular flexibility index (Phi) is 3.37. The fraction of sp³-hybridized carbons (Fsp3) is 0.600. The molecule has 1 N–H and O–H groups in total. The Labute approximate surface area is 114 Å². The molecule has 3 rings (SSSR count). The van der Waals surface area contributed by atoms with E-state index in [4.69, 9.17) is 9.47 Å². The summed E-state index contributed by atoms with van der Waals surface area (Å²) in [5, 5.41) is 3.57. The average molecular weight is 262 g/mol. The van der Waals surface area contributed by atoms with E-state index in [1.807, 2.05) is 6.07 Å². The molecule has 0 aromatic heterocycles. The summed E-state index contributed by atoms with van der Waals surface area (Å²) in [4.78, 5) is 2.53. The predicted molar refractivity (Wildman–Crippen MR) is 74.6 cm³/mol. The second kappa shape index (κ2) is 5.02. The van der Waals surface area contributed by atoms with Crippen molar-refractivity contribution in [2.75, 3.05) is 19.9 Å². The highest BCUT2D eigenvalue weighted by Gasteiger charge is 2.26. The fourth-order valence-corrected chi connectivity index (χ4v) is 3.07. The summed E-state index contributed by atoms with van der Waals surface area (Å²) in [6.45, 7) is 9.26. The normalized spacial score (nSPS) is 28.4. The van der Waals surface area contributed by atoms with Crippen molar-refractivity contribution in [2.45, 2.75) is 38.9 Å². The molecule has 0 radical (unpaired) electrons. The van der Waals surface area contributed by atoms with Crippen molar-refractivity contribution in [2.24, 2.45) is 0 Å². The monoisotopic (exact) mass is 262 g/mol. The molecule has 1 saturated heterocycles. The highest BCUT2D eigenvalue weighted by Crippen LogP contribution is 2.35. The molecule has 0 spiro atoms. The highest BCUT2D eigenvalue weighted by molar-refractivity contribution is 5.45. The third-order valence-corrected chi connectivity index (χ3v) is 4.01. The molecular weight excluding hydrogens is 240 g/mol. The minimum absolute atomic E-state index is 0.342. The molecule has 3 atom stereocenters. The smallest absolute Gasteiger partial charge is 0.231 e. The molecule has 0 amide bonds. The third-order valence-electron chi connectivity index (χ3n) is 4.01. The van der Waals surface area contributed by atoms with Crippen LogP contribution >= 0.6 is 0 Å². The zero-order valence-electron chi connectivity index (χ0n) is 11.8. The van der Waals surface area contributed by atoms with E-state index in [0.717, 1.165) is 24.6 Å². The van der Waals surface area contributed by atoms with E-state index in [9.17, 15) is 0 Å². The number of hydrogen-bond donors (Lipinski definition) is 1. The van der Waals surface area contributed by atoms with Crippen molar-refractivity contribution in [3.63, 3.8) is 0 Å². The number of hydrogen-bond acceptors (Lipinski definition) is 4. The fourth-order valence-electron chi connectivity index (χ4n) is 3.07. The summed E-state index contributed by atoms with van der Waals surface area (Å²) in [6, 6.07) is 7.77. The van der Waals surface area contributed by atoms with Gasteiger partial charge in [0.2, 0.25) is 6.79 Å². The van der Waals surface area contributed by atoms with Crippen LogP contribution in [0.5, 0.6) is 11.5 Å². The van der Waals surface area contributed by atoms with Gasteiger partial charge in [0.25, 0.3) is 0 Å². The molecule has 104 valence electrons. The number of nitrogens with zero attached hydrogens (tertiary/aromatic N) is 1. The van der Waals surface area contributed by atoms with Gasteiger partial charge in [-0.1, -0.05) is 6.07 Å². The van der Waals surface area contributed by atoms with Gasteiger partial charge in [-0.15, -0.1) is 0 Å². The summed E-state index contributed by atoms with van der Waals surface area (Å²) in [5.41, 5.74) is 1.30. The number of rotatable bonds is 2. The Morgan fingerprint density at radius 2 is 1.84 bits per heavy atom. The van der Waals surface area contributed by atoms with E-state index in [2.05, 4.69) is 43.1 Å². The van der Waals surface area contributed by atoms with E-state index in [1.165, 1.54) is 5.56 Å². The Morgan fingerprint density at radius 3 is 2.58 bits per heavy atom. The van der Waals surface area contributed by atoms with Crippen molar-refractivity contribution in [1.29, 1.82) is 0 Å². The first kappa shape index (κ1) is 12.8. The van der Waals surface area contributed by atoms with Gasteiger partial charge in [0.1, 0.15) is 0 Å². The molecule has 1 aromatic rings. The van der Waals surface area contributed by atoms with Crippen LogP contribution in [0.25, 0.3) is 0 Å². The molecule has 3 unspecified atom stereocenters. The summed E-state index contributed by atoms with van der Waals surface area (Å²) in [5.74, 6) is 1.73. The lowest BCUT2D eigenvalue weighted by atomic mass is 10.0. The molecule has 1 aromatic carbocycles. The minimum atomic E-state index is 0.342. The summed E-state index contributed by atoms with van der Waals surface area (Å²) in [7, 11) is 0. The van der Waals surface area contributed by atoms with E-state index < -0.39 is 0 Å². The first-order valence-electron chi connectivity index (χ1n) is 7.03. The molecule has 19 heavy (non-hydrogen) atoms. The van der Waals surface area contributed by atoms with Gasteiger partial charge >= 0.3 is 0 Å². The molecule has 0 aliphatic carbocycles. The second-order valence-corrected chi connectivity index (χ2v) is 5.71. The predicted octanol–water partition coefficient (Wildman–Crippen LogP) is 2.16. The van der Waals surface area contributed by atoms with Crippen LogP contribution in [-0.4, -0.2) is 36.9 Å². The molecular formula is C15H22N2O2. The van der Waals surface area contributed by atoms with Crippen LogP contribution < -0.4 is 14.8 Å². The molecule has 4 heteroatoms. The van der Waals surface area contributed by atoms with Gasteiger partial charge < -0.3 is 14.8 Å². The lowest BCUT2D eigenvalue weighted by Crippen LogP contribution is -2.54. The first-order valence-corrected chi connectivity index (χ1v) is 7.03. The van der Waals surface area contributed by atoms with E-state index in [1.54, 1.807) is 0 Å². The second-order valence-electron chi connectivity index (χ2n) is 5.71. The van der Waals surface area contributed by atoms with Crippen LogP contribution in [0.1, 0.15) is 32.4 Å². The Morgan fingerprint density at radius 1 is 1.16 bits per heavy atom. The van der Waals surface area contributed by atoms with Crippen LogP contribution in [0.4, 0.5) is 0 Å². The summed E-state index contributed by atoms with van der Waals surface area (Å²) < 4.78 is 10.8. The molecule has 2 aliphatic rings. The Balaban J connectivity index is 1.77. The molecule has 2 aliphatic heterocycles. The lowest BCUT2D eigenvalue weighted by molar-refractivity contribution is 0.131. The lowest BCUT2D eigenvalue weighted by Gasteiger charge is -2.39. The Hall–Kier alpha value is -1.26. The van der Waals surface area contributed by atoms with E-state index in [0.29, 0.717) is 24.9 Å². The van der Waals surface area contributed by atoms with Gasteiger partial charge in [0, 0.05) is 31.2 Å². The van der Waals surface area contributed by atoms with Crippen LogP contribution in [-0.2, 0) is 0 Å². The van der Waals surface area contributed by atoms with Gasteiger partial charge in [-0.05, 0) is 38.5 Å². The number of ether oxygens (including phenoxy) is 2.